The summed E-state index contributed by atoms with van der Waals surface area (Å²) < 4.78 is 50.2. The third-order valence-corrected chi connectivity index (χ3v) is 9.82. The third kappa shape index (κ3) is 8.52. The summed E-state index contributed by atoms with van der Waals surface area (Å²) >= 11 is 3.36. The molecule has 0 saturated carbocycles. The molecule has 0 aliphatic carbocycles. The molecule has 0 aromatic heterocycles. The van der Waals surface area contributed by atoms with Crippen LogP contribution in [0, 0.1) is 12.7 Å². The van der Waals surface area contributed by atoms with E-state index in [9.17, 15) is 18.0 Å². The van der Waals surface area contributed by atoms with Gasteiger partial charge in [0.1, 0.15) is 24.2 Å². The Hall–Kier alpha value is -4.22. The lowest BCUT2D eigenvalue weighted by molar-refractivity contribution is -0.140. The first kappa shape index (κ1) is 34.6. The molecule has 1 unspecified atom stereocenters. The van der Waals surface area contributed by atoms with Gasteiger partial charge in [-0.2, -0.15) is 0 Å². The smallest absolute Gasteiger partial charge is 0.264 e. The number of ether oxygens (including phenoxy) is 1. The highest BCUT2D eigenvalue weighted by molar-refractivity contribution is 9.10. The molecule has 2 amide bonds. The molecule has 4 aromatic carbocycles. The summed E-state index contributed by atoms with van der Waals surface area (Å²) in [7, 11) is -2.85. The molecule has 11 heteroatoms. The van der Waals surface area contributed by atoms with Gasteiger partial charge in [0, 0.05) is 25.1 Å². The van der Waals surface area contributed by atoms with E-state index in [-0.39, 0.29) is 29.1 Å². The van der Waals surface area contributed by atoms with Gasteiger partial charge in [-0.15, -0.1) is 0 Å². The van der Waals surface area contributed by atoms with E-state index >= 15 is 4.39 Å². The van der Waals surface area contributed by atoms with Crippen LogP contribution in [0.3, 0.4) is 0 Å². The SMILES string of the molecule is CCCNC(=O)C(Cc1ccccc1)N(Cc1ccccc1F)C(=O)CN(c1ccc(C)cc1)S(=O)(=O)c1ccc(OC)c(Br)c1. The maximum absolute atomic E-state index is 15.0. The summed E-state index contributed by atoms with van der Waals surface area (Å²) in [5.41, 5.74) is 2.14. The van der Waals surface area contributed by atoms with E-state index in [0.717, 1.165) is 15.4 Å². The van der Waals surface area contributed by atoms with Crippen LogP contribution in [-0.2, 0) is 32.6 Å². The van der Waals surface area contributed by atoms with E-state index in [1.807, 2.05) is 44.2 Å². The number of hydrogen-bond acceptors (Lipinski definition) is 5. The molecule has 0 fully saturated rings. The summed E-state index contributed by atoms with van der Waals surface area (Å²) in [6.45, 7) is 3.26. The van der Waals surface area contributed by atoms with Gasteiger partial charge in [0.15, 0.2) is 0 Å². The van der Waals surface area contributed by atoms with Gasteiger partial charge < -0.3 is 15.0 Å². The predicted molar refractivity (Wildman–Crippen MR) is 181 cm³/mol. The van der Waals surface area contributed by atoms with Crippen LogP contribution in [0.4, 0.5) is 10.1 Å². The molecule has 0 bridgehead atoms. The summed E-state index contributed by atoms with van der Waals surface area (Å²) in [6.07, 6.45) is 0.807. The number of anilines is 1. The van der Waals surface area contributed by atoms with Gasteiger partial charge >= 0.3 is 0 Å². The van der Waals surface area contributed by atoms with Crippen LogP contribution in [0.2, 0.25) is 0 Å². The number of aryl methyl sites for hydroxylation is 1. The molecule has 0 radical (unpaired) electrons. The van der Waals surface area contributed by atoms with Gasteiger partial charge in [-0.25, -0.2) is 12.8 Å². The molecule has 8 nitrogen and oxygen atoms in total. The maximum atomic E-state index is 15.0. The van der Waals surface area contributed by atoms with E-state index in [0.29, 0.717) is 23.2 Å². The van der Waals surface area contributed by atoms with Gasteiger partial charge in [0.25, 0.3) is 10.0 Å². The molecule has 0 aliphatic heterocycles. The number of amides is 2. The van der Waals surface area contributed by atoms with Gasteiger partial charge in [-0.1, -0.05) is 73.2 Å². The van der Waals surface area contributed by atoms with Crippen LogP contribution in [0.1, 0.15) is 30.0 Å². The largest absolute Gasteiger partial charge is 0.496 e. The topological polar surface area (TPSA) is 96.0 Å². The van der Waals surface area contributed by atoms with Crippen molar-refractivity contribution in [1.82, 2.24) is 10.2 Å². The number of nitrogens with one attached hydrogen (secondary N) is 1. The minimum atomic E-state index is -4.32. The number of hydrogen-bond donors (Lipinski definition) is 1. The number of nitrogens with zero attached hydrogens (tertiary/aromatic N) is 2. The lowest BCUT2D eigenvalue weighted by Crippen LogP contribution is -2.53. The molecule has 0 heterocycles. The van der Waals surface area contributed by atoms with Crippen molar-refractivity contribution in [3.63, 3.8) is 0 Å². The van der Waals surface area contributed by atoms with Crippen molar-refractivity contribution in [1.29, 1.82) is 0 Å². The Morgan fingerprint density at radius 1 is 0.957 bits per heavy atom. The standard InChI is InChI=1S/C35H37BrFN3O5S/c1-4-20-38-35(42)32(21-26-10-6-5-7-11-26)39(23-27-12-8-9-13-31(27)37)34(41)24-40(28-16-14-25(2)15-17-28)46(43,44)29-18-19-33(45-3)30(36)22-29/h5-19,22,32H,4,20-21,23-24H2,1-3H3,(H,38,42). The fraction of sp³-hybridized carbons (Fsp3) is 0.257. The minimum absolute atomic E-state index is 0.0734. The molecule has 1 N–H and O–H groups in total. The summed E-state index contributed by atoms with van der Waals surface area (Å²) in [5.74, 6) is -1.19. The Kier molecular flexibility index (Phi) is 11.9. The summed E-state index contributed by atoms with van der Waals surface area (Å²) in [4.78, 5) is 29.3. The normalized spacial score (nSPS) is 11.8. The van der Waals surface area contributed by atoms with E-state index in [1.54, 1.807) is 42.5 Å². The van der Waals surface area contributed by atoms with Crippen molar-refractivity contribution < 1.29 is 27.1 Å². The number of carbonyl (C=O) groups is 2. The molecule has 0 saturated heterocycles. The van der Waals surface area contributed by atoms with E-state index in [4.69, 9.17) is 4.74 Å². The third-order valence-electron chi connectivity index (χ3n) is 7.43. The van der Waals surface area contributed by atoms with Crippen molar-refractivity contribution in [3.05, 3.63) is 124 Å². The Balaban J connectivity index is 1.81. The van der Waals surface area contributed by atoms with Crippen LogP contribution in [0.25, 0.3) is 0 Å². The minimum Gasteiger partial charge on any atom is -0.496 e. The predicted octanol–water partition coefficient (Wildman–Crippen LogP) is 6.27. The van der Waals surface area contributed by atoms with Crippen LogP contribution < -0.4 is 14.4 Å². The molecule has 46 heavy (non-hydrogen) atoms. The molecule has 4 rings (SSSR count). The first-order valence-electron chi connectivity index (χ1n) is 14.8. The number of halogens is 2. The van der Waals surface area contributed by atoms with Gasteiger partial charge in [0.2, 0.25) is 11.8 Å². The second kappa shape index (κ2) is 15.9. The lowest BCUT2D eigenvalue weighted by atomic mass is 10.0. The zero-order chi connectivity index (χ0) is 33.3. The molecule has 0 spiro atoms. The molecular formula is C35H37BrFN3O5S. The Bertz CT molecular complexity index is 1750. The monoisotopic (exact) mass is 709 g/mol. The Morgan fingerprint density at radius 3 is 2.26 bits per heavy atom. The van der Waals surface area contributed by atoms with Crippen molar-refractivity contribution in [3.8, 4) is 5.75 Å². The van der Waals surface area contributed by atoms with Crippen molar-refractivity contribution in [2.45, 2.75) is 44.2 Å². The summed E-state index contributed by atoms with van der Waals surface area (Å²) in [6, 6.07) is 25.2. The van der Waals surface area contributed by atoms with E-state index < -0.39 is 40.2 Å². The number of rotatable bonds is 14. The van der Waals surface area contributed by atoms with Crippen LogP contribution in [-0.4, -0.2) is 51.4 Å². The lowest BCUT2D eigenvalue weighted by Gasteiger charge is -2.34. The highest BCUT2D eigenvalue weighted by Crippen LogP contribution is 2.31. The van der Waals surface area contributed by atoms with Gasteiger partial charge in [-0.3, -0.25) is 13.9 Å². The Labute approximate surface area is 278 Å². The fourth-order valence-electron chi connectivity index (χ4n) is 4.90. The number of carbonyl (C=O) groups excluding carboxylic acids is 2. The second-order valence-electron chi connectivity index (χ2n) is 10.8. The molecule has 0 aliphatic rings. The fourth-order valence-corrected chi connectivity index (χ4v) is 7.04. The summed E-state index contributed by atoms with van der Waals surface area (Å²) in [5, 5.41) is 2.88. The number of benzene rings is 4. The van der Waals surface area contributed by atoms with Crippen LogP contribution >= 0.6 is 15.9 Å². The number of sulfonamides is 1. The second-order valence-corrected chi connectivity index (χ2v) is 13.5. The average Bonchev–Trinajstić information content (AvgIpc) is 3.05. The zero-order valence-corrected chi connectivity index (χ0v) is 28.4. The van der Waals surface area contributed by atoms with E-state index in [2.05, 4.69) is 21.2 Å². The quantitative estimate of drug-likeness (QED) is 0.167. The van der Waals surface area contributed by atoms with E-state index in [1.165, 1.54) is 36.3 Å². The molecule has 4 aromatic rings. The average molecular weight is 711 g/mol. The highest BCUT2D eigenvalue weighted by atomic mass is 79.9. The zero-order valence-electron chi connectivity index (χ0n) is 26.0. The van der Waals surface area contributed by atoms with Crippen molar-refractivity contribution >= 4 is 43.5 Å². The van der Waals surface area contributed by atoms with Crippen molar-refractivity contribution in [2.75, 3.05) is 24.5 Å². The van der Waals surface area contributed by atoms with Gasteiger partial charge in [-0.05, 0) is 71.2 Å². The first-order chi connectivity index (χ1) is 22.0. The molecular weight excluding hydrogens is 673 g/mol. The number of methoxy groups -OCH3 is 1. The molecule has 242 valence electrons. The van der Waals surface area contributed by atoms with Crippen molar-refractivity contribution in [2.24, 2.45) is 0 Å². The van der Waals surface area contributed by atoms with Gasteiger partial charge in [0.05, 0.1) is 22.2 Å². The van der Waals surface area contributed by atoms with Crippen LogP contribution in [0.15, 0.2) is 106 Å². The first-order valence-corrected chi connectivity index (χ1v) is 17.1. The maximum Gasteiger partial charge on any atom is 0.264 e. The highest BCUT2D eigenvalue weighted by Gasteiger charge is 2.35. The Morgan fingerprint density at radius 2 is 1.63 bits per heavy atom. The molecule has 1 atom stereocenters. The van der Waals surface area contributed by atoms with Crippen LogP contribution in [0.5, 0.6) is 5.75 Å².